The summed E-state index contributed by atoms with van der Waals surface area (Å²) in [5, 5.41) is 0. The number of unbranched alkanes of at least 4 members (excludes halogenated alkanes) is 1. The topological polar surface area (TPSA) is 54.0 Å². The number of hydrogen-bond acceptors (Lipinski definition) is 5. The maximum absolute atomic E-state index is 11.9. The Hall–Kier alpha value is -2.53. The van der Waals surface area contributed by atoms with Gasteiger partial charge in [0.25, 0.3) is 0 Å². The molecule has 0 aliphatic carbocycles. The van der Waals surface area contributed by atoms with Gasteiger partial charge in [-0.1, -0.05) is 31.5 Å². The maximum Gasteiger partial charge on any atom is 0.341 e. The number of hydrogen-bond donors (Lipinski definition) is 0. The van der Waals surface area contributed by atoms with Crippen LogP contribution >= 0.6 is 0 Å². The molecule has 0 saturated carbocycles. The molecule has 0 unspecified atom stereocenters. The zero-order valence-electron chi connectivity index (χ0n) is 14.9. The monoisotopic (exact) mass is 344 g/mol. The van der Waals surface area contributed by atoms with Crippen LogP contribution in [0.1, 0.15) is 30.1 Å². The fraction of sp³-hybridized carbons (Fsp3) is 0.350. The van der Waals surface area contributed by atoms with Crippen molar-refractivity contribution in [3.63, 3.8) is 0 Å². The van der Waals surface area contributed by atoms with Gasteiger partial charge in [-0.05, 0) is 41.8 Å². The van der Waals surface area contributed by atoms with Gasteiger partial charge < -0.3 is 18.9 Å². The minimum atomic E-state index is -0.447. The first kappa shape index (κ1) is 18.8. The highest BCUT2D eigenvalue weighted by atomic mass is 16.7. The molecule has 0 radical (unpaired) electrons. The van der Waals surface area contributed by atoms with Crippen molar-refractivity contribution in [2.45, 2.75) is 19.8 Å². The van der Waals surface area contributed by atoms with Crippen molar-refractivity contribution < 1.29 is 23.7 Å². The van der Waals surface area contributed by atoms with E-state index in [2.05, 4.69) is 6.92 Å². The van der Waals surface area contributed by atoms with E-state index in [0.717, 1.165) is 36.3 Å². The van der Waals surface area contributed by atoms with Crippen molar-refractivity contribution in [1.29, 1.82) is 0 Å². The predicted molar refractivity (Wildman–Crippen MR) is 96.1 cm³/mol. The van der Waals surface area contributed by atoms with E-state index in [1.165, 1.54) is 14.2 Å². The Labute approximate surface area is 148 Å². The van der Waals surface area contributed by atoms with Crippen molar-refractivity contribution in [1.82, 2.24) is 0 Å². The lowest BCUT2D eigenvalue weighted by Gasteiger charge is -2.12. The molecule has 134 valence electrons. The highest BCUT2D eigenvalue weighted by molar-refractivity contribution is 5.93. The maximum atomic E-state index is 11.9. The molecule has 0 heterocycles. The Morgan fingerprint density at radius 3 is 2.32 bits per heavy atom. The first-order valence-electron chi connectivity index (χ1n) is 8.27. The molecule has 5 nitrogen and oxygen atoms in total. The number of methoxy groups -OCH3 is 2. The molecule has 0 bridgehead atoms. The SMILES string of the molecule is CCCCOc1ccc(-c2ccc(C(=O)OC)c(OCOC)c2)cc1. The highest BCUT2D eigenvalue weighted by Gasteiger charge is 2.14. The number of carbonyl (C=O) groups is 1. The Morgan fingerprint density at radius 1 is 0.960 bits per heavy atom. The molecule has 0 spiro atoms. The number of benzene rings is 2. The Bertz CT molecular complexity index is 679. The molecular weight excluding hydrogens is 320 g/mol. The first-order chi connectivity index (χ1) is 12.2. The fourth-order valence-corrected chi connectivity index (χ4v) is 2.30. The first-order valence-corrected chi connectivity index (χ1v) is 8.27. The lowest BCUT2D eigenvalue weighted by atomic mass is 10.0. The van der Waals surface area contributed by atoms with Crippen LogP contribution in [0.5, 0.6) is 11.5 Å². The van der Waals surface area contributed by atoms with Gasteiger partial charge in [-0.3, -0.25) is 0 Å². The third-order valence-corrected chi connectivity index (χ3v) is 3.67. The van der Waals surface area contributed by atoms with E-state index in [9.17, 15) is 4.79 Å². The van der Waals surface area contributed by atoms with Crippen LogP contribution in [0.3, 0.4) is 0 Å². The number of esters is 1. The van der Waals surface area contributed by atoms with Crippen molar-refractivity contribution >= 4 is 5.97 Å². The van der Waals surface area contributed by atoms with Crippen molar-refractivity contribution in [2.24, 2.45) is 0 Å². The fourth-order valence-electron chi connectivity index (χ4n) is 2.30. The molecule has 0 N–H and O–H groups in total. The second-order valence-electron chi connectivity index (χ2n) is 5.48. The summed E-state index contributed by atoms with van der Waals surface area (Å²) in [6.45, 7) is 2.91. The average Bonchev–Trinajstić information content (AvgIpc) is 2.66. The largest absolute Gasteiger partial charge is 0.494 e. The van der Waals surface area contributed by atoms with Gasteiger partial charge in [-0.25, -0.2) is 4.79 Å². The van der Waals surface area contributed by atoms with Crippen molar-refractivity contribution in [3.05, 3.63) is 48.0 Å². The standard InChI is InChI=1S/C20H24O5/c1-4-5-12-24-17-9-6-15(7-10-17)16-8-11-18(20(21)23-3)19(13-16)25-14-22-2/h6-11,13H,4-5,12,14H2,1-3H3. The summed E-state index contributed by atoms with van der Waals surface area (Å²) >= 11 is 0. The van der Waals surface area contributed by atoms with Gasteiger partial charge in [0.05, 0.1) is 13.7 Å². The van der Waals surface area contributed by atoms with E-state index in [-0.39, 0.29) is 6.79 Å². The Kier molecular flexibility index (Phi) is 7.29. The van der Waals surface area contributed by atoms with Crippen LogP contribution < -0.4 is 9.47 Å². The summed E-state index contributed by atoms with van der Waals surface area (Å²) in [4.78, 5) is 11.9. The predicted octanol–water partition coefficient (Wildman–Crippen LogP) is 4.30. The van der Waals surface area contributed by atoms with E-state index in [4.69, 9.17) is 18.9 Å². The Balaban J connectivity index is 2.21. The number of ether oxygens (including phenoxy) is 4. The van der Waals surface area contributed by atoms with Crippen molar-refractivity contribution in [3.8, 4) is 22.6 Å². The molecule has 25 heavy (non-hydrogen) atoms. The van der Waals surface area contributed by atoms with E-state index < -0.39 is 5.97 Å². The molecule has 0 fully saturated rings. The van der Waals surface area contributed by atoms with Gasteiger partial charge in [-0.15, -0.1) is 0 Å². The molecule has 2 rings (SSSR count). The molecule has 0 saturated heterocycles. The van der Waals surface area contributed by atoms with Gasteiger partial charge in [-0.2, -0.15) is 0 Å². The molecule has 0 aliphatic heterocycles. The molecule has 0 atom stereocenters. The molecule has 0 amide bonds. The molecule has 2 aromatic rings. The molecule has 0 aromatic heterocycles. The zero-order valence-corrected chi connectivity index (χ0v) is 14.9. The van der Waals surface area contributed by atoms with Crippen LogP contribution in [0.2, 0.25) is 0 Å². The Morgan fingerprint density at radius 2 is 1.68 bits per heavy atom. The molecule has 5 heteroatoms. The highest BCUT2D eigenvalue weighted by Crippen LogP contribution is 2.29. The van der Waals surface area contributed by atoms with Crippen LogP contribution in [-0.2, 0) is 9.47 Å². The average molecular weight is 344 g/mol. The van der Waals surface area contributed by atoms with Gasteiger partial charge in [0.15, 0.2) is 6.79 Å². The normalized spacial score (nSPS) is 10.4. The summed E-state index contributed by atoms with van der Waals surface area (Å²) in [7, 11) is 2.87. The number of rotatable bonds is 9. The van der Waals surface area contributed by atoms with E-state index >= 15 is 0 Å². The van der Waals surface area contributed by atoms with E-state index in [1.54, 1.807) is 12.1 Å². The second kappa shape index (κ2) is 9.69. The van der Waals surface area contributed by atoms with Crippen LogP contribution in [-0.4, -0.2) is 33.6 Å². The summed E-state index contributed by atoms with van der Waals surface area (Å²) in [6, 6.07) is 13.2. The minimum absolute atomic E-state index is 0.0532. The van der Waals surface area contributed by atoms with Crippen LogP contribution in [0, 0.1) is 0 Å². The van der Waals surface area contributed by atoms with Gasteiger partial charge in [0, 0.05) is 7.11 Å². The minimum Gasteiger partial charge on any atom is -0.494 e. The van der Waals surface area contributed by atoms with Crippen molar-refractivity contribution in [2.75, 3.05) is 27.6 Å². The zero-order chi connectivity index (χ0) is 18.1. The second-order valence-corrected chi connectivity index (χ2v) is 5.48. The lowest BCUT2D eigenvalue weighted by Crippen LogP contribution is -2.07. The van der Waals surface area contributed by atoms with E-state index in [1.807, 2.05) is 30.3 Å². The van der Waals surface area contributed by atoms with Crippen LogP contribution in [0.15, 0.2) is 42.5 Å². The van der Waals surface area contributed by atoms with Crippen LogP contribution in [0.4, 0.5) is 0 Å². The summed E-state index contributed by atoms with van der Waals surface area (Å²) in [5.74, 6) is 0.825. The third kappa shape index (κ3) is 5.22. The summed E-state index contributed by atoms with van der Waals surface area (Å²) in [5.41, 5.74) is 2.29. The molecule has 2 aromatic carbocycles. The third-order valence-electron chi connectivity index (χ3n) is 3.67. The molecular formula is C20H24O5. The van der Waals surface area contributed by atoms with Gasteiger partial charge in [0.1, 0.15) is 17.1 Å². The summed E-state index contributed by atoms with van der Waals surface area (Å²) < 4.78 is 20.9. The van der Waals surface area contributed by atoms with Gasteiger partial charge in [0.2, 0.25) is 0 Å². The molecule has 0 aliphatic rings. The lowest BCUT2D eigenvalue weighted by molar-refractivity contribution is 0.0465. The smallest absolute Gasteiger partial charge is 0.341 e. The van der Waals surface area contributed by atoms with Crippen LogP contribution in [0.25, 0.3) is 11.1 Å². The quantitative estimate of drug-likeness (QED) is 0.386. The van der Waals surface area contributed by atoms with Gasteiger partial charge >= 0.3 is 5.97 Å². The van der Waals surface area contributed by atoms with E-state index in [0.29, 0.717) is 11.3 Å². The number of carbonyl (C=O) groups excluding carboxylic acids is 1. The summed E-state index contributed by atoms with van der Waals surface area (Å²) in [6.07, 6.45) is 2.14.